The highest BCUT2D eigenvalue weighted by Crippen LogP contribution is 2.32. The Bertz CT molecular complexity index is 661. The third-order valence-corrected chi connectivity index (χ3v) is 2.71. The van der Waals surface area contributed by atoms with Crippen molar-refractivity contribution in [3.63, 3.8) is 0 Å². The molecule has 0 aliphatic rings. The van der Waals surface area contributed by atoms with Crippen LogP contribution in [0.3, 0.4) is 0 Å². The molecule has 0 amide bonds. The highest BCUT2D eigenvalue weighted by atomic mass is 19.4. The number of pyridine rings is 1. The Balaban J connectivity index is 2.33. The van der Waals surface area contributed by atoms with Crippen LogP contribution in [-0.4, -0.2) is 10.8 Å². The average molecular weight is 301 g/mol. The first-order valence-electron chi connectivity index (χ1n) is 5.77. The van der Waals surface area contributed by atoms with E-state index < -0.39 is 41.1 Å². The van der Waals surface area contributed by atoms with Gasteiger partial charge in [0.15, 0.2) is 5.78 Å². The van der Waals surface area contributed by atoms with E-state index in [9.17, 15) is 26.7 Å². The molecule has 0 unspecified atom stereocenters. The molecule has 1 aromatic carbocycles. The molecule has 0 aliphatic heterocycles. The number of rotatable bonds is 3. The Labute approximate surface area is 116 Å². The van der Waals surface area contributed by atoms with Crippen LogP contribution in [-0.2, 0) is 12.6 Å². The molecule has 0 N–H and O–H groups in total. The zero-order chi connectivity index (χ0) is 15.6. The molecule has 2 rings (SSSR count). The van der Waals surface area contributed by atoms with E-state index in [1.165, 1.54) is 0 Å². The summed E-state index contributed by atoms with van der Waals surface area (Å²) in [6.07, 6.45) is -3.55. The molecule has 0 saturated heterocycles. The van der Waals surface area contributed by atoms with Crippen molar-refractivity contribution in [2.45, 2.75) is 12.6 Å². The molecule has 0 atom stereocenters. The molecule has 7 heteroatoms. The van der Waals surface area contributed by atoms with Gasteiger partial charge in [0.25, 0.3) is 0 Å². The van der Waals surface area contributed by atoms with Gasteiger partial charge in [-0.25, -0.2) is 8.78 Å². The number of Topliss-reactive ketones (excluding diaryl/α,β-unsaturated/α-hetero) is 1. The maximum atomic E-state index is 13.0. The number of halogens is 5. The molecule has 0 spiro atoms. The van der Waals surface area contributed by atoms with Crippen LogP contribution in [0.2, 0.25) is 0 Å². The molecule has 110 valence electrons. The quantitative estimate of drug-likeness (QED) is 0.637. The molecular formula is C14H8F5NO. The number of aromatic nitrogens is 1. The number of carbonyl (C=O) groups excluding carboxylic acids is 1. The fourth-order valence-electron chi connectivity index (χ4n) is 1.86. The summed E-state index contributed by atoms with van der Waals surface area (Å²) in [6.45, 7) is 0. The van der Waals surface area contributed by atoms with Crippen molar-refractivity contribution in [1.82, 2.24) is 4.98 Å². The molecule has 0 aliphatic carbocycles. The standard InChI is InChI=1S/C14H8F5NO/c15-9-3-8(4-10(16)6-9)5-13(21)11-7-20-2-1-12(11)14(17,18)19/h1-4,6-7H,5H2. The Hall–Kier alpha value is -2.31. The van der Waals surface area contributed by atoms with Crippen molar-refractivity contribution in [2.75, 3.05) is 0 Å². The van der Waals surface area contributed by atoms with Gasteiger partial charge in [-0.3, -0.25) is 9.78 Å². The van der Waals surface area contributed by atoms with Crippen LogP contribution in [0.25, 0.3) is 0 Å². The molecule has 0 fully saturated rings. The normalized spacial score (nSPS) is 11.5. The number of hydrogen-bond acceptors (Lipinski definition) is 2. The van der Waals surface area contributed by atoms with E-state index in [-0.39, 0.29) is 5.56 Å². The Morgan fingerprint density at radius 3 is 2.29 bits per heavy atom. The zero-order valence-electron chi connectivity index (χ0n) is 10.4. The molecule has 1 heterocycles. The van der Waals surface area contributed by atoms with Crippen molar-refractivity contribution in [3.05, 3.63) is 65.0 Å². The Morgan fingerprint density at radius 1 is 1.10 bits per heavy atom. The fraction of sp³-hybridized carbons (Fsp3) is 0.143. The smallest absolute Gasteiger partial charge is 0.294 e. The predicted octanol–water partition coefficient (Wildman–Crippen LogP) is 3.80. The molecule has 2 aromatic rings. The van der Waals surface area contributed by atoms with Gasteiger partial charge in [0, 0.05) is 30.4 Å². The number of carbonyl (C=O) groups is 1. The van der Waals surface area contributed by atoms with Crippen molar-refractivity contribution >= 4 is 5.78 Å². The lowest BCUT2D eigenvalue weighted by Crippen LogP contribution is -2.15. The minimum Gasteiger partial charge on any atom is -0.294 e. The minimum atomic E-state index is -4.71. The lowest BCUT2D eigenvalue weighted by atomic mass is 10.00. The number of nitrogens with zero attached hydrogens (tertiary/aromatic N) is 1. The second-order valence-electron chi connectivity index (χ2n) is 4.30. The summed E-state index contributed by atoms with van der Waals surface area (Å²) >= 11 is 0. The van der Waals surface area contributed by atoms with Crippen molar-refractivity contribution in [1.29, 1.82) is 0 Å². The van der Waals surface area contributed by atoms with E-state index in [0.717, 1.165) is 24.5 Å². The summed E-state index contributed by atoms with van der Waals surface area (Å²) in [4.78, 5) is 15.4. The number of ketones is 1. The van der Waals surface area contributed by atoms with Crippen LogP contribution in [0, 0.1) is 11.6 Å². The third-order valence-electron chi connectivity index (χ3n) is 2.71. The van der Waals surface area contributed by atoms with Crippen LogP contribution in [0.1, 0.15) is 21.5 Å². The van der Waals surface area contributed by atoms with Gasteiger partial charge in [0.05, 0.1) is 5.56 Å². The predicted molar refractivity (Wildman–Crippen MR) is 63.6 cm³/mol. The van der Waals surface area contributed by atoms with Gasteiger partial charge in [-0.2, -0.15) is 13.2 Å². The fourth-order valence-corrected chi connectivity index (χ4v) is 1.86. The average Bonchev–Trinajstić information content (AvgIpc) is 2.36. The SMILES string of the molecule is O=C(Cc1cc(F)cc(F)c1)c1cnccc1C(F)(F)F. The van der Waals surface area contributed by atoms with Gasteiger partial charge < -0.3 is 0 Å². The van der Waals surface area contributed by atoms with E-state index in [1.807, 2.05) is 0 Å². The van der Waals surface area contributed by atoms with Gasteiger partial charge in [-0.15, -0.1) is 0 Å². The molecule has 21 heavy (non-hydrogen) atoms. The lowest BCUT2D eigenvalue weighted by molar-refractivity contribution is -0.138. The van der Waals surface area contributed by atoms with Gasteiger partial charge in [-0.1, -0.05) is 0 Å². The highest BCUT2D eigenvalue weighted by Gasteiger charge is 2.35. The summed E-state index contributed by atoms with van der Waals surface area (Å²) in [7, 11) is 0. The second kappa shape index (κ2) is 5.59. The van der Waals surface area contributed by atoms with Crippen LogP contribution < -0.4 is 0 Å². The molecule has 0 radical (unpaired) electrons. The van der Waals surface area contributed by atoms with Gasteiger partial charge in [0.2, 0.25) is 0 Å². The van der Waals surface area contributed by atoms with Crippen molar-refractivity contribution in [3.8, 4) is 0 Å². The van der Waals surface area contributed by atoms with Gasteiger partial charge >= 0.3 is 6.18 Å². The maximum Gasteiger partial charge on any atom is 0.417 e. The summed E-state index contributed by atoms with van der Waals surface area (Å²) < 4.78 is 64.3. The van der Waals surface area contributed by atoms with Crippen LogP contribution in [0.5, 0.6) is 0 Å². The van der Waals surface area contributed by atoms with Crippen molar-refractivity contribution in [2.24, 2.45) is 0 Å². The highest BCUT2D eigenvalue weighted by molar-refractivity contribution is 5.98. The first-order valence-corrected chi connectivity index (χ1v) is 5.77. The summed E-state index contributed by atoms with van der Waals surface area (Å²) in [5, 5.41) is 0. The number of alkyl halides is 3. The van der Waals surface area contributed by atoms with E-state index in [2.05, 4.69) is 4.98 Å². The van der Waals surface area contributed by atoms with Crippen LogP contribution in [0.15, 0.2) is 36.7 Å². The zero-order valence-corrected chi connectivity index (χ0v) is 10.4. The Morgan fingerprint density at radius 2 is 1.71 bits per heavy atom. The van der Waals surface area contributed by atoms with E-state index in [4.69, 9.17) is 0 Å². The largest absolute Gasteiger partial charge is 0.417 e. The molecular weight excluding hydrogens is 293 g/mol. The molecule has 1 aromatic heterocycles. The van der Waals surface area contributed by atoms with E-state index in [1.54, 1.807) is 0 Å². The second-order valence-corrected chi connectivity index (χ2v) is 4.30. The van der Waals surface area contributed by atoms with Crippen LogP contribution >= 0.6 is 0 Å². The summed E-state index contributed by atoms with van der Waals surface area (Å²) in [5.74, 6) is -2.72. The van der Waals surface area contributed by atoms with E-state index >= 15 is 0 Å². The first-order chi connectivity index (χ1) is 9.77. The topological polar surface area (TPSA) is 30.0 Å². The van der Waals surface area contributed by atoms with E-state index in [0.29, 0.717) is 12.1 Å². The van der Waals surface area contributed by atoms with Gasteiger partial charge in [-0.05, 0) is 23.8 Å². The molecule has 2 nitrogen and oxygen atoms in total. The molecule has 0 bridgehead atoms. The summed E-state index contributed by atoms with van der Waals surface area (Å²) in [5.41, 5.74) is -1.80. The minimum absolute atomic E-state index is 0.0468. The summed E-state index contributed by atoms with van der Waals surface area (Å²) in [6, 6.07) is 3.08. The first kappa shape index (κ1) is 15.1. The third kappa shape index (κ3) is 3.62. The lowest BCUT2D eigenvalue weighted by Gasteiger charge is -2.11. The van der Waals surface area contributed by atoms with Gasteiger partial charge in [0.1, 0.15) is 11.6 Å². The maximum absolute atomic E-state index is 13.0. The monoisotopic (exact) mass is 301 g/mol. The number of hydrogen-bond donors (Lipinski definition) is 0. The molecule has 0 saturated carbocycles. The van der Waals surface area contributed by atoms with Crippen LogP contribution in [0.4, 0.5) is 22.0 Å². The van der Waals surface area contributed by atoms with Crippen molar-refractivity contribution < 1.29 is 26.7 Å². The Kier molecular flexibility index (Phi) is 4.02. The number of benzene rings is 1.